The standard InChI is InChI=1S/C14H24N2S.ClH/c1-11-9-13(12(2)17-11)10-16-8-4-3-5-14(16)6-7-15;/h9,14H,3-8,10,15H2,1-2H3;1H. The van der Waals surface area contributed by atoms with E-state index in [0.717, 1.165) is 19.5 Å². The van der Waals surface area contributed by atoms with Crippen molar-refractivity contribution in [2.45, 2.75) is 52.1 Å². The van der Waals surface area contributed by atoms with Crippen LogP contribution in [0.15, 0.2) is 6.07 Å². The van der Waals surface area contributed by atoms with Crippen LogP contribution in [0.5, 0.6) is 0 Å². The van der Waals surface area contributed by atoms with Gasteiger partial charge in [-0.3, -0.25) is 4.90 Å². The van der Waals surface area contributed by atoms with E-state index in [-0.39, 0.29) is 12.4 Å². The smallest absolute Gasteiger partial charge is 0.0247 e. The van der Waals surface area contributed by atoms with Crippen LogP contribution in [0, 0.1) is 13.8 Å². The van der Waals surface area contributed by atoms with Gasteiger partial charge in [0.1, 0.15) is 0 Å². The van der Waals surface area contributed by atoms with Crippen molar-refractivity contribution in [3.8, 4) is 0 Å². The Morgan fingerprint density at radius 1 is 1.39 bits per heavy atom. The molecule has 18 heavy (non-hydrogen) atoms. The van der Waals surface area contributed by atoms with E-state index in [4.69, 9.17) is 5.73 Å². The minimum absolute atomic E-state index is 0. The number of nitrogens with zero attached hydrogens (tertiary/aromatic N) is 1. The predicted molar refractivity (Wildman–Crippen MR) is 82.8 cm³/mol. The van der Waals surface area contributed by atoms with E-state index in [9.17, 15) is 0 Å². The molecule has 0 aromatic carbocycles. The van der Waals surface area contributed by atoms with E-state index in [0.29, 0.717) is 6.04 Å². The molecule has 2 nitrogen and oxygen atoms in total. The van der Waals surface area contributed by atoms with Crippen LogP contribution in [-0.4, -0.2) is 24.0 Å². The van der Waals surface area contributed by atoms with E-state index in [2.05, 4.69) is 24.8 Å². The summed E-state index contributed by atoms with van der Waals surface area (Å²) in [6.45, 7) is 7.65. The van der Waals surface area contributed by atoms with Gasteiger partial charge in [0.05, 0.1) is 0 Å². The fourth-order valence-electron chi connectivity index (χ4n) is 2.85. The van der Waals surface area contributed by atoms with Crippen LogP contribution in [0.4, 0.5) is 0 Å². The maximum Gasteiger partial charge on any atom is 0.0247 e. The largest absolute Gasteiger partial charge is 0.330 e. The summed E-state index contributed by atoms with van der Waals surface area (Å²) in [6, 6.07) is 3.07. The lowest BCUT2D eigenvalue weighted by Gasteiger charge is -2.35. The average Bonchev–Trinajstić information content (AvgIpc) is 2.61. The number of thiophene rings is 1. The van der Waals surface area contributed by atoms with Gasteiger partial charge in [-0.1, -0.05) is 6.42 Å². The first-order valence-corrected chi connectivity index (χ1v) is 7.52. The lowest BCUT2D eigenvalue weighted by molar-refractivity contribution is 0.134. The molecular weight excluding hydrogens is 264 g/mol. The van der Waals surface area contributed by atoms with Crippen LogP contribution in [0.3, 0.4) is 0 Å². The van der Waals surface area contributed by atoms with Crippen LogP contribution in [0.25, 0.3) is 0 Å². The molecule has 1 aliphatic heterocycles. The first-order valence-electron chi connectivity index (χ1n) is 6.70. The summed E-state index contributed by atoms with van der Waals surface area (Å²) in [5.41, 5.74) is 7.25. The van der Waals surface area contributed by atoms with Crippen molar-refractivity contribution in [2.75, 3.05) is 13.1 Å². The highest BCUT2D eigenvalue weighted by molar-refractivity contribution is 7.12. The highest BCUT2D eigenvalue weighted by atomic mass is 35.5. The van der Waals surface area contributed by atoms with Gasteiger partial charge in [-0.2, -0.15) is 0 Å². The fourth-order valence-corrected chi connectivity index (χ4v) is 3.79. The summed E-state index contributed by atoms with van der Waals surface area (Å²) in [5, 5.41) is 0. The second-order valence-electron chi connectivity index (χ2n) is 5.14. The topological polar surface area (TPSA) is 29.3 Å². The van der Waals surface area contributed by atoms with Gasteiger partial charge in [0.2, 0.25) is 0 Å². The van der Waals surface area contributed by atoms with Crippen molar-refractivity contribution in [3.05, 3.63) is 21.4 Å². The number of rotatable bonds is 4. The number of hydrogen-bond acceptors (Lipinski definition) is 3. The molecule has 2 heterocycles. The molecule has 4 heteroatoms. The van der Waals surface area contributed by atoms with Crippen molar-refractivity contribution in [1.82, 2.24) is 4.90 Å². The average molecular weight is 289 g/mol. The van der Waals surface area contributed by atoms with Gasteiger partial charge in [-0.05, 0) is 57.8 Å². The third kappa shape index (κ3) is 3.95. The Balaban J connectivity index is 0.00000162. The second kappa shape index (κ2) is 7.49. The molecule has 1 fully saturated rings. The summed E-state index contributed by atoms with van der Waals surface area (Å²) in [6.07, 6.45) is 5.22. The molecule has 0 radical (unpaired) electrons. The lowest BCUT2D eigenvalue weighted by atomic mass is 9.98. The number of nitrogens with two attached hydrogens (primary N) is 1. The summed E-state index contributed by atoms with van der Waals surface area (Å²) in [7, 11) is 0. The Morgan fingerprint density at radius 3 is 2.78 bits per heavy atom. The Kier molecular flexibility index (Phi) is 6.64. The third-order valence-corrected chi connectivity index (χ3v) is 4.77. The molecule has 2 N–H and O–H groups in total. The number of aryl methyl sites for hydroxylation is 2. The quantitative estimate of drug-likeness (QED) is 0.919. The summed E-state index contributed by atoms with van der Waals surface area (Å²) >= 11 is 1.92. The van der Waals surface area contributed by atoms with Gasteiger partial charge in [0.15, 0.2) is 0 Å². The molecule has 104 valence electrons. The highest BCUT2D eigenvalue weighted by Crippen LogP contribution is 2.26. The molecule has 2 rings (SSSR count). The monoisotopic (exact) mass is 288 g/mol. The fraction of sp³-hybridized carbons (Fsp3) is 0.714. The van der Waals surface area contributed by atoms with Crippen LogP contribution < -0.4 is 5.73 Å². The first kappa shape index (κ1) is 16.0. The van der Waals surface area contributed by atoms with Crippen LogP contribution in [0.1, 0.15) is 41.0 Å². The minimum atomic E-state index is 0. The molecule has 1 aromatic heterocycles. The summed E-state index contributed by atoms with van der Waals surface area (Å²) in [4.78, 5) is 5.56. The predicted octanol–water partition coefficient (Wildman–Crippen LogP) is 3.49. The van der Waals surface area contributed by atoms with Gasteiger partial charge in [0.25, 0.3) is 0 Å². The number of hydrogen-bond donors (Lipinski definition) is 1. The third-order valence-electron chi connectivity index (χ3n) is 3.77. The Bertz CT molecular complexity index is 363. The zero-order chi connectivity index (χ0) is 12.3. The molecule has 0 aliphatic carbocycles. The molecule has 1 aliphatic rings. The molecule has 0 spiro atoms. The molecule has 1 saturated heterocycles. The van der Waals surface area contributed by atoms with E-state index in [1.807, 2.05) is 11.3 Å². The molecule has 0 amide bonds. The van der Waals surface area contributed by atoms with Crippen LogP contribution >= 0.6 is 23.7 Å². The Labute approximate surface area is 121 Å². The van der Waals surface area contributed by atoms with Crippen molar-refractivity contribution < 1.29 is 0 Å². The molecule has 0 bridgehead atoms. The molecule has 1 unspecified atom stereocenters. The molecule has 0 saturated carbocycles. The Morgan fingerprint density at radius 2 is 2.17 bits per heavy atom. The van der Waals surface area contributed by atoms with E-state index < -0.39 is 0 Å². The number of likely N-dealkylation sites (tertiary alicyclic amines) is 1. The SMILES string of the molecule is Cc1cc(CN2CCCCC2CCN)c(C)s1.Cl. The zero-order valence-corrected chi connectivity index (χ0v) is 13.1. The maximum atomic E-state index is 5.72. The minimum Gasteiger partial charge on any atom is -0.330 e. The van der Waals surface area contributed by atoms with Crippen molar-refractivity contribution >= 4 is 23.7 Å². The maximum absolute atomic E-state index is 5.72. The van der Waals surface area contributed by atoms with E-state index >= 15 is 0 Å². The second-order valence-corrected chi connectivity index (χ2v) is 6.60. The Hall–Kier alpha value is -0.0900. The van der Waals surface area contributed by atoms with Crippen molar-refractivity contribution in [3.63, 3.8) is 0 Å². The van der Waals surface area contributed by atoms with Gasteiger partial charge < -0.3 is 5.73 Å². The van der Waals surface area contributed by atoms with E-state index in [1.54, 1.807) is 0 Å². The van der Waals surface area contributed by atoms with Crippen molar-refractivity contribution in [2.24, 2.45) is 5.73 Å². The van der Waals surface area contributed by atoms with Gasteiger partial charge in [0, 0.05) is 22.3 Å². The van der Waals surface area contributed by atoms with Gasteiger partial charge in [-0.15, -0.1) is 23.7 Å². The molecular formula is C14H25ClN2S. The zero-order valence-electron chi connectivity index (χ0n) is 11.4. The van der Waals surface area contributed by atoms with Crippen LogP contribution in [0.2, 0.25) is 0 Å². The molecule has 1 aromatic rings. The van der Waals surface area contributed by atoms with Crippen molar-refractivity contribution in [1.29, 1.82) is 0 Å². The first-order chi connectivity index (χ1) is 8.20. The summed E-state index contributed by atoms with van der Waals surface area (Å²) < 4.78 is 0. The normalized spacial score (nSPS) is 20.7. The molecule has 1 atom stereocenters. The van der Waals surface area contributed by atoms with E-state index in [1.165, 1.54) is 41.1 Å². The number of piperidine rings is 1. The van der Waals surface area contributed by atoms with Gasteiger partial charge >= 0.3 is 0 Å². The number of halogens is 1. The highest BCUT2D eigenvalue weighted by Gasteiger charge is 2.22. The van der Waals surface area contributed by atoms with Gasteiger partial charge in [-0.25, -0.2) is 0 Å². The lowest BCUT2D eigenvalue weighted by Crippen LogP contribution is -2.40. The summed E-state index contributed by atoms with van der Waals surface area (Å²) in [5.74, 6) is 0. The van der Waals surface area contributed by atoms with Crippen LogP contribution in [-0.2, 0) is 6.54 Å².